The van der Waals surface area contributed by atoms with Crippen molar-refractivity contribution in [1.29, 1.82) is 0 Å². The molecule has 3 aromatic rings. The van der Waals surface area contributed by atoms with E-state index >= 15 is 0 Å². The molecular formula is C29H34ClN3O4S. The van der Waals surface area contributed by atoms with Gasteiger partial charge in [0.1, 0.15) is 12.6 Å². The Hall–Kier alpha value is -3.36. The molecule has 2 amide bonds. The molecule has 0 bridgehead atoms. The number of hydrogen-bond donors (Lipinski definition) is 1. The lowest BCUT2D eigenvalue weighted by atomic mass is 10.0. The van der Waals surface area contributed by atoms with Crippen LogP contribution < -0.4 is 9.62 Å². The normalized spacial score (nSPS) is 12.0. The molecule has 9 heteroatoms. The highest BCUT2D eigenvalue weighted by molar-refractivity contribution is 7.92. The highest BCUT2D eigenvalue weighted by Crippen LogP contribution is 2.26. The van der Waals surface area contributed by atoms with E-state index in [4.69, 9.17) is 11.6 Å². The van der Waals surface area contributed by atoms with Crippen molar-refractivity contribution in [3.05, 3.63) is 100 Å². The molecule has 3 rings (SSSR count). The largest absolute Gasteiger partial charge is 0.355 e. The van der Waals surface area contributed by atoms with Gasteiger partial charge in [0.25, 0.3) is 0 Å². The summed E-state index contributed by atoms with van der Waals surface area (Å²) >= 11 is 6.45. The molecule has 1 atom stereocenters. The highest BCUT2D eigenvalue weighted by atomic mass is 35.5. The summed E-state index contributed by atoms with van der Waals surface area (Å²) in [6.07, 6.45) is 1.33. The summed E-state index contributed by atoms with van der Waals surface area (Å²) in [5.41, 5.74) is 3.54. The van der Waals surface area contributed by atoms with Crippen molar-refractivity contribution < 1.29 is 18.0 Å². The molecule has 0 fully saturated rings. The third-order valence-corrected chi connectivity index (χ3v) is 7.73. The van der Waals surface area contributed by atoms with Crippen molar-refractivity contribution in [2.75, 3.05) is 23.7 Å². The van der Waals surface area contributed by atoms with Crippen LogP contribution in [-0.2, 0) is 32.6 Å². The zero-order valence-corrected chi connectivity index (χ0v) is 23.7. The maximum absolute atomic E-state index is 14.0. The molecule has 0 saturated carbocycles. The van der Waals surface area contributed by atoms with Crippen molar-refractivity contribution in [1.82, 2.24) is 10.2 Å². The third-order valence-electron chi connectivity index (χ3n) is 6.23. The molecule has 38 heavy (non-hydrogen) atoms. The molecule has 0 unspecified atom stereocenters. The number of nitrogens with zero attached hydrogens (tertiary/aromatic N) is 2. The van der Waals surface area contributed by atoms with Crippen LogP contribution in [0.1, 0.15) is 29.2 Å². The summed E-state index contributed by atoms with van der Waals surface area (Å²) in [6.45, 7) is 5.43. The zero-order valence-electron chi connectivity index (χ0n) is 22.1. The van der Waals surface area contributed by atoms with Crippen LogP contribution in [0.15, 0.2) is 72.8 Å². The Morgan fingerprint density at radius 1 is 0.974 bits per heavy atom. The Bertz CT molecular complexity index is 1380. The molecule has 0 aromatic heterocycles. The molecular weight excluding hydrogens is 522 g/mol. The quantitative estimate of drug-likeness (QED) is 0.377. The van der Waals surface area contributed by atoms with Gasteiger partial charge >= 0.3 is 0 Å². The first-order chi connectivity index (χ1) is 18.0. The van der Waals surface area contributed by atoms with Crippen molar-refractivity contribution in [2.24, 2.45) is 0 Å². The van der Waals surface area contributed by atoms with Crippen LogP contribution in [0.2, 0.25) is 5.02 Å². The van der Waals surface area contributed by atoms with E-state index in [2.05, 4.69) is 5.32 Å². The summed E-state index contributed by atoms with van der Waals surface area (Å²) in [7, 11) is -3.82. The fourth-order valence-corrected chi connectivity index (χ4v) is 5.33. The topological polar surface area (TPSA) is 86.8 Å². The minimum absolute atomic E-state index is 0.0392. The lowest BCUT2D eigenvalue weighted by Gasteiger charge is -2.34. The van der Waals surface area contributed by atoms with E-state index in [1.807, 2.05) is 56.3 Å². The molecule has 0 radical (unpaired) electrons. The summed E-state index contributed by atoms with van der Waals surface area (Å²) in [5, 5.41) is 3.29. The Morgan fingerprint density at radius 3 is 2.26 bits per heavy atom. The molecule has 202 valence electrons. The minimum Gasteiger partial charge on any atom is -0.355 e. The Balaban J connectivity index is 2.08. The van der Waals surface area contributed by atoms with E-state index in [9.17, 15) is 18.0 Å². The Labute approximate surface area is 230 Å². The van der Waals surface area contributed by atoms with Crippen molar-refractivity contribution >= 4 is 39.1 Å². The number of likely N-dealkylation sites (N-methyl/N-ethyl adjacent to an activating group) is 1. The van der Waals surface area contributed by atoms with E-state index in [1.165, 1.54) is 4.90 Å². The Kier molecular flexibility index (Phi) is 9.94. The van der Waals surface area contributed by atoms with E-state index in [0.29, 0.717) is 22.8 Å². The second-order valence-corrected chi connectivity index (χ2v) is 11.6. The van der Waals surface area contributed by atoms with E-state index in [1.54, 1.807) is 37.3 Å². The number of carbonyl (C=O) groups is 2. The van der Waals surface area contributed by atoms with Crippen LogP contribution in [0, 0.1) is 13.8 Å². The second kappa shape index (κ2) is 12.9. The van der Waals surface area contributed by atoms with Gasteiger partial charge in [-0.3, -0.25) is 13.9 Å². The number of amides is 2. The SMILES string of the molecule is CCNC(=O)[C@@H](Cc1ccccc1)N(Cc1ccccc1Cl)C(=O)CN(c1cc(C)ccc1C)S(C)(=O)=O. The average molecular weight is 556 g/mol. The van der Waals surface area contributed by atoms with Gasteiger partial charge < -0.3 is 10.2 Å². The van der Waals surface area contributed by atoms with Gasteiger partial charge in [0.2, 0.25) is 21.8 Å². The zero-order chi connectivity index (χ0) is 27.9. The summed E-state index contributed by atoms with van der Waals surface area (Å²) in [4.78, 5) is 28.8. The molecule has 0 aliphatic carbocycles. The van der Waals surface area contributed by atoms with E-state index < -0.39 is 28.5 Å². The lowest BCUT2D eigenvalue weighted by Crippen LogP contribution is -2.53. The smallest absolute Gasteiger partial charge is 0.244 e. The van der Waals surface area contributed by atoms with Crippen LogP contribution >= 0.6 is 11.6 Å². The van der Waals surface area contributed by atoms with Gasteiger partial charge in [-0.2, -0.15) is 0 Å². The molecule has 7 nitrogen and oxygen atoms in total. The van der Waals surface area contributed by atoms with Crippen molar-refractivity contribution in [3.63, 3.8) is 0 Å². The minimum atomic E-state index is -3.82. The Morgan fingerprint density at radius 2 is 1.63 bits per heavy atom. The van der Waals surface area contributed by atoms with Crippen LogP contribution in [0.5, 0.6) is 0 Å². The monoisotopic (exact) mass is 555 g/mol. The molecule has 3 aromatic carbocycles. The summed E-state index contributed by atoms with van der Waals surface area (Å²) < 4.78 is 26.9. The number of hydrogen-bond acceptors (Lipinski definition) is 4. The molecule has 0 aliphatic heterocycles. The van der Waals surface area contributed by atoms with E-state index in [-0.39, 0.29) is 18.9 Å². The van der Waals surface area contributed by atoms with Crippen molar-refractivity contribution in [2.45, 2.75) is 39.8 Å². The number of nitrogens with one attached hydrogen (secondary N) is 1. The first-order valence-electron chi connectivity index (χ1n) is 12.4. The van der Waals surface area contributed by atoms with Gasteiger partial charge in [0.05, 0.1) is 11.9 Å². The van der Waals surface area contributed by atoms with Crippen LogP contribution in [-0.4, -0.2) is 50.5 Å². The first kappa shape index (κ1) is 29.2. The van der Waals surface area contributed by atoms with Gasteiger partial charge in [-0.25, -0.2) is 8.42 Å². The van der Waals surface area contributed by atoms with Gasteiger partial charge in [-0.1, -0.05) is 72.3 Å². The number of aryl methyl sites for hydroxylation is 2. The van der Waals surface area contributed by atoms with Gasteiger partial charge in [-0.15, -0.1) is 0 Å². The standard InChI is InChI=1S/C29H34ClN3O4S/c1-5-31-29(35)27(18-23-11-7-6-8-12-23)32(19-24-13-9-10-14-25(24)30)28(34)20-33(38(4,36)37)26-17-21(2)15-16-22(26)3/h6-17,27H,5,18-20H2,1-4H3,(H,31,35)/t27-/m1/s1. The summed E-state index contributed by atoms with van der Waals surface area (Å²) in [6, 6.07) is 21.1. The van der Waals surface area contributed by atoms with Gasteiger partial charge in [0.15, 0.2) is 0 Å². The molecule has 0 saturated heterocycles. The number of benzene rings is 3. The average Bonchev–Trinajstić information content (AvgIpc) is 2.87. The highest BCUT2D eigenvalue weighted by Gasteiger charge is 2.33. The molecule has 1 N–H and O–H groups in total. The predicted molar refractivity (Wildman–Crippen MR) is 153 cm³/mol. The second-order valence-electron chi connectivity index (χ2n) is 9.27. The number of rotatable bonds is 11. The maximum Gasteiger partial charge on any atom is 0.244 e. The predicted octanol–water partition coefficient (Wildman–Crippen LogP) is 4.50. The van der Waals surface area contributed by atoms with E-state index in [0.717, 1.165) is 27.3 Å². The van der Waals surface area contributed by atoms with Crippen LogP contribution in [0.3, 0.4) is 0 Å². The number of halogens is 1. The van der Waals surface area contributed by atoms with Crippen LogP contribution in [0.25, 0.3) is 0 Å². The number of carbonyl (C=O) groups excluding carboxylic acids is 2. The summed E-state index contributed by atoms with van der Waals surface area (Å²) in [5.74, 6) is -0.835. The first-order valence-corrected chi connectivity index (χ1v) is 14.6. The maximum atomic E-state index is 14.0. The fraction of sp³-hybridized carbons (Fsp3) is 0.310. The third kappa shape index (κ3) is 7.58. The number of sulfonamides is 1. The van der Waals surface area contributed by atoms with Gasteiger partial charge in [-0.05, 0) is 55.2 Å². The lowest BCUT2D eigenvalue weighted by molar-refractivity contribution is -0.140. The molecule has 0 heterocycles. The fourth-order valence-electron chi connectivity index (χ4n) is 4.24. The molecule has 0 aliphatic rings. The molecule has 0 spiro atoms. The number of anilines is 1. The van der Waals surface area contributed by atoms with Crippen LogP contribution in [0.4, 0.5) is 5.69 Å². The van der Waals surface area contributed by atoms with Gasteiger partial charge in [0, 0.05) is 24.5 Å². The van der Waals surface area contributed by atoms with Crippen molar-refractivity contribution in [3.8, 4) is 0 Å².